The Balaban J connectivity index is 2.21. The Labute approximate surface area is 117 Å². The van der Waals surface area contributed by atoms with Gasteiger partial charge < -0.3 is 4.90 Å². The van der Waals surface area contributed by atoms with Gasteiger partial charge in [-0.1, -0.05) is 33.6 Å². The van der Waals surface area contributed by atoms with Crippen LogP contribution in [0, 0.1) is 13.8 Å². The van der Waals surface area contributed by atoms with Crippen LogP contribution in [0.15, 0.2) is 18.2 Å². The number of halogens is 1. The molecule has 0 saturated heterocycles. The molecular weight excluding hydrogens is 290 g/mol. The Hall–Kier alpha value is -0.830. The number of benzene rings is 1. The van der Waals surface area contributed by atoms with Gasteiger partial charge in [0, 0.05) is 23.5 Å². The number of alkyl halides is 1. The summed E-state index contributed by atoms with van der Waals surface area (Å²) in [6.07, 6.45) is 3.57. The first-order valence-corrected chi connectivity index (χ1v) is 7.70. The molecule has 1 fully saturated rings. The van der Waals surface area contributed by atoms with Gasteiger partial charge in [0.05, 0.1) is 0 Å². The Morgan fingerprint density at radius 1 is 1.39 bits per heavy atom. The molecule has 0 radical (unpaired) electrons. The fourth-order valence-electron chi connectivity index (χ4n) is 2.45. The van der Waals surface area contributed by atoms with Crippen molar-refractivity contribution in [3.63, 3.8) is 0 Å². The molecule has 2 rings (SSSR count). The highest BCUT2D eigenvalue weighted by molar-refractivity contribution is 9.09. The van der Waals surface area contributed by atoms with Crippen molar-refractivity contribution in [2.24, 2.45) is 0 Å². The molecule has 98 valence electrons. The molecule has 3 heteroatoms. The van der Waals surface area contributed by atoms with E-state index in [1.165, 1.54) is 12.0 Å². The maximum Gasteiger partial charge on any atom is 0.254 e. The third-order valence-corrected chi connectivity index (χ3v) is 4.07. The summed E-state index contributed by atoms with van der Waals surface area (Å²) >= 11 is 3.45. The first-order chi connectivity index (χ1) is 8.63. The van der Waals surface area contributed by atoms with Crippen molar-refractivity contribution in [1.29, 1.82) is 0 Å². The van der Waals surface area contributed by atoms with Crippen LogP contribution in [0.2, 0.25) is 0 Å². The molecule has 0 aliphatic heterocycles. The van der Waals surface area contributed by atoms with Crippen LogP contribution < -0.4 is 0 Å². The van der Waals surface area contributed by atoms with Crippen molar-refractivity contribution in [3.05, 3.63) is 34.9 Å². The van der Waals surface area contributed by atoms with E-state index in [0.29, 0.717) is 6.04 Å². The normalized spacial score (nSPS) is 15.3. The average molecular weight is 310 g/mol. The highest BCUT2D eigenvalue weighted by Crippen LogP contribution is 2.27. The van der Waals surface area contributed by atoms with Crippen molar-refractivity contribution in [2.45, 2.75) is 39.2 Å². The zero-order chi connectivity index (χ0) is 13.1. The van der Waals surface area contributed by atoms with Crippen molar-refractivity contribution >= 4 is 21.8 Å². The summed E-state index contributed by atoms with van der Waals surface area (Å²) in [5, 5.41) is 0.847. The molecule has 0 unspecified atom stereocenters. The maximum absolute atomic E-state index is 12.6. The van der Waals surface area contributed by atoms with E-state index in [1.807, 2.05) is 24.0 Å². The zero-order valence-electron chi connectivity index (χ0n) is 11.1. The predicted octanol–water partition coefficient (Wildman–Crippen LogP) is 3.69. The highest BCUT2D eigenvalue weighted by atomic mass is 79.9. The van der Waals surface area contributed by atoms with Crippen LogP contribution in [0.25, 0.3) is 0 Å². The number of carbonyl (C=O) groups is 1. The Bertz CT molecular complexity index is 440. The minimum absolute atomic E-state index is 0.191. The van der Waals surface area contributed by atoms with Crippen molar-refractivity contribution in [2.75, 3.05) is 11.9 Å². The fourth-order valence-corrected chi connectivity index (χ4v) is 2.83. The number of hydrogen-bond acceptors (Lipinski definition) is 1. The molecule has 1 aromatic carbocycles. The van der Waals surface area contributed by atoms with Crippen LogP contribution in [-0.4, -0.2) is 28.7 Å². The SMILES string of the molecule is Cc1ccc(C(=O)N(CCBr)C2CCC2)c(C)c1. The van der Waals surface area contributed by atoms with Crippen LogP contribution in [0.5, 0.6) is 0 Å². The maximum atomic E-state index is 12.6. The molecule has 1 saturated carbocycles. The molecule has 2 nitrogen and oxygen atoms in total. The third kappa shape index (κ3) is 2.77. The van der Waals surface area contributed by atoms with Gasteiger partial charge in [-0.3, -0.25) is 4.79 Å². The Morgan fingerprint density at radius 2 is 2.11 bits per heavy atom. The van der Waals surface area contributed by atoms with Gasteiger partial charge in [-0.15, -0.1) is 0 Å². The van der Waals surface area contributed by atoms with E-state index in [9.17, 15) is 4.79 Å². The number of carbonyl (C=O) groups excluding carboxylic acids is 1. The van der Waals surface area contributed by atoms with E-state index < -0.39 is 0 Å². The topological polar surface area (TPSA) is 20.3 Å². The average Bonchev–Trinajstić information content (AvgIpc) is 2.25. The molecule has 0 N–H and O–H groups in total. The zero-order valence-corrected chi connectivity index (χ0v) is 12.7. The van der Waals surface area contributed by atoms with Crippen LogP contribution in [0.3, 0.4) is 0 Å². The highest BCUT2D eigenvalue weighted by Gasteiger charge is 2.29. The van der Waals surface area contributed by atoms with E-state index in [4.69, 9.17) is 0 Å². The largest absolute Gasteiger partial charge is 0.335 e. The van der Waals surface area contributed by atoms with Gasteiger partial charge in [-0.05, 0) is 44.7 Å². The summed E-state index contributed by atoms with van der Waals surface area (Å²) < 4.78 is 0. The summed E-state index contributed by atoms with van der Waals surface area (Å²) in [6.45, 7) is 4.88. The summed E-state index contributed by atoms with van der Waals surface area (Å²) in [5.74, 6) is 0.191. The number of hydrogen-bond donors (Lipinski definition) is 0. The van der Waals surface area contributed by atoms with Crippen LogP contribution in [-0.2, 0) is 0 Å². The van der Waals surface area contributed by atoms with E-state index in [2.05, 4.69) is 28.9 Å². The molecule has 0 atom stereocenters. The summed E-state index contributed by atoms with van der Waals surface area (Å²) in [5.41, 5.74) is 3.15. The molecule has 0 bridgehead atoms. The third-order valence-electron chi connectivity index (χ3n) is 3.71. The summed E-state index contributed by atoms with van der Waals surface area (Å²) in [6, 6.07) is 6.52. The van der Waals surface area contributed by atoms with Gasteiger partial charge >= 0.3 is 0 Å². The number of aryl methyl sites for hydroxylation is 2. The van der Waals surface area contributed by atoms with Crippen molar-refractivity contribution < 1.29 is 4.79 Å². The second-order valence-corrected chi connectivity index (χ2v) is 5.88. The van der Waals surface area contributed by atoms with Crippen LogP contribution in [0.1, 0.15) is 40.7 Å². The minimum Gasteiger partial charge on any atom is -0.335 e. The fraction of sp³-hybridized carbons (Fsp3) is 0.533. The lowest BCUT2D eigenvalue weighted by Gasteiger charge is -2.37. The Kier molecular flexibility index (Phi) is 4.44. The predicted molar refractivity (Wildman–Crippen MR) is 78.4 cm³/mol. The molecule has 1 aromatic rings. The van der Waals surface area contributed by atoms with E-state index in [-0.39, 0.29) is 5.91 Å². The number of rotatable bonds is 4. The molecule has 1 amide bonds. The lowest BCUT2D eigenvalue weighted by Crippen LogP contribution is -2.45. The first kappa shape index (κ1) is 13.6. The Morgan fingerprint density at radius 3 is 2.61 bits per heavy atom. The summed E-state index contributed by atoms with van der Waals surface area (Å²) in [7, 11) is 0. The number of nitrogens with zero attached hydrogens (tertiary/aromatic N) is 1. The second-order valence-electron chi connectivity index (χ2n) is 5.09. The quantitative estimate of drug-likeness (QED) is 0.777. The number of amides is 1. The summed E-state index contributed by atoms with van der Waals surface area (Å²) in [4.78, 5) is 14.6. The van der Waals surface area contributed by atoms with Crippen molar-refractivity contribution in [3.8, 4) is 0 Å². The lowest BCUT2D eigenvalue weighted by molar-refractivity contribution is 0.0599. The van der Waals surface area contributed by atoms with Crippen LogP contribution in [0.4, 0.5) is 0 Å². The van der Waals surface area contributed by atoms with E-state index >= 15 is 0 Å². The van der Waals surface area contributed by atoms with Gasteiger partial charge in [0.15, 0.2) is 0 Å². The molecule has 18 heavy (non-hydrogen) atoms. The monoisotopic (exact) mass is 309 g/mol. The first-order valence-electron chi connectivity index (χ1n) is 6.57. The second kappa shape index (κ2) is 5.87. The smallest absolute Gasteiger partial charge is 0.254 e. The molecule has 1 aliphatic carbocycles. The molecule has 0 aromatic heterocycles. The van der Waals surface area contributed by atoms with Crippen LogP contribution >= 0.6 is 15.9 Å². The van der Waals surface area contributed by atoms with Gasteiger partial charge in [0.25, 0.3) is 5.91 Å². The van der Waals surface area contributed by atoms with Gasteiger partial charge in [0.1, 0.15) is 0 Å². The van der Waals surface area contributed by atoms with E-state index in [0.717, 1.165) is 35.8 Å². The molecule has 0 heterocycles. The van der Waals surface area contributed by atoms with E-state index in [1.54, 1.807) is 0 Å². The van der Waals surface area contributed by atoms with Gasteiger partial charge in [0.2, 0.25) is 0 Å². The lowest BCUT2D eigenvalue weighted by atomic mass is 9.90. The van der Waals surface area contributed by atoms with Crippen molar-refractivity contribution in [1.82, 2.24) is 4.90 Å². The minimum atomic E-state index is 0.191. The standard InChI is InChI=1S/C15H20BrNO/c1-11-6-7-14(12(2)10-11)15(18)17(9-8-16)13-4-3-5-13/h6-7,10,13H,3-5,8-9H2,1-2H3. The van der Waals surface area contributed by atoms with Gasteiger partial charge in [-0.2, -0.15) is 0 Å². The van der Waals surface area contributed by atoms with Gasteiger partial charge in [-0.25, -0.2) is 0 Å². The molecule has 0 spiro atoms. The molecular formula is C15H20BrNO. The molecule has 1 aliphatic rings.